The highest BCUT2D eigenvalue weighted by atomic mass is 32.2. The lowest BCUT2D eigenvalue weighted by Gasteiger charge is -2.33. The average molecular weight is 592 g/mol. The summed E-state index contributed by atoms with van der Waals surface area (Å²) in [4.78, 5) is 29.0. The Kier molecular flexibility index (Phi) is 10.6. The van der Waals surface area contributed by atoms with Crippen molar-refractivity contribution in [1.29, 1.82) is 0 Å². The van der Waals surface area contributed by atoms with Crippen molar-refractivity contribution in [2.75, 3.05) is 17.5 Å². The van der Waals surface area contributed by atoms with Gasteiger partial charge in [-0.05, 0) is 75.6 Å². The summed E-state index contributed by atoms with van der Waals surface area (Å²) in [6.45, 7) is 5.71. The minimum absolute atomic E-state index is 0.0378. The number of carbonyl (C=O) groups is 2. The minimum atomic E-state index is -4.13. The molecule has 1 aliphatic carbocycles. The van der Waals surface area contributed by atoms with Gasteiger partial charge in [0.05, 0.1) is 17.2 Å². The van der Waals surface area contributed by atoms with E-state index in [-0.39, 0.29) is 23.4 Å². The van der Waals surface area contributed by atoms with Crippen LogP contribution < -0.4 is 14.4 Å². The van der Waals surface area contributed by atoms with E-state index in [9.17, 15) is 18.0 Å². The van der Waals surface area contributed by atoms with Crippen LogP contribution in [-0.2, 0) is 26.2 Å². The molecule has 0 aliphatic heterocycles. The predicted molar refractivity (Wildman–Crippen MR) is 165 cm³/mol. The molecule has 4 rings (SSSR count). The maximum atomic E-state index is 14.1. The maximum Gasteiger partial charge on any atom is 0.264 e. The Hall–Kier alpha value is -3.85. The second-order valence-electron chi connectivity index (χ2n) is 10.8. The summed E-state index contributed by atoms with van der Waals surface area (Å²) in [6.07, 6.45) is 5.15. The van der Waals surface area contributed by atoms with E-state index < -0.39 is 28.5 Å². The van der Waals surface area contributed by atoms with Gasteiger partial charge in [-0.15, -0.1) is 0 Å². The van der Waals surface area contributed by atoms with E-state index in [1.165, 1.54) is 17.0 Å². The maximum absolute atomic E-state index is 14.1. The van der Waals surface area contributed by atoms with Gasteiger partial charge in [0.25, 0.3) is 10.0 Å². The molecule has 224 valence electrons. The number of carbonyl (C=O) groups excluding carboxylic acids is 2. The SMILES string of the molecule is CCOc1ccc(S(=O)(=O)N(CC(=O)N(Cc2ccc(C)cc2)[C@H](C)C(=O)NC2CCCCC2)c2ccccc2)cc1. The van der Waals surface area contributed by atoms with E-state index in [0.717, 1.165) is 47.5 Å². The molecule has 3 aromatic carbocycles. The Labute approximate surface area is 249 Å². The lowest BCUT2D eigenvalue weighted by atomic mass is 9.95. The van der Waals surface area contributed by atoms with Crippen molar-refractivity contribution in [3.8, 4) is 5.75 Å². The largest absolute Gasteiger partial charge is 0.494 e. The molecule has 42 heavy (non-hydrogen) atoms. The first-order valence-electron chi connectivity index (χ1n) is 14.6. The normalized spacial score (nSPS) is 14.5. The van der Waals surface area contributed by atoms with E-state index >= 15 is 0 Å². The molecule has 2 amide bonds. The highest BCUT2D eigenvalue weighted by Gasteiger charge is 2.33. The molecule has 8 nitrogen and oxygen atoms in total. The van der Waals surface area contributed by atoms with Crippen LogP contribution >= 0.6 is 0 Å². The van der Waals surface area contributed by atoms with Gasteiger partial charge in [-0.2, -0.15) is 0 Å². The fourth-order valence-corrected chi connectivity index (χ4v) is 6.58. The molecule has 0 radical (unpaired) electrons. The quantitative estimate of drug-likeness (QED) is 0.302. The number of aryl methyl sites for hydroxylation is 1. The zero-order valence-electron chi connectivity index (χ0n) is 24.7. The van der Waals surface area contributed by atoms with Crippen molar-refractivity contribution < 1.29 is 22.7 Å². The summed E-state index contributed by atoms with van der Waals surface area (Å²) in [5.41, 5.74) is 2.29. The van der Waals surface area contributed by atoms with Crippen molar-refractivity contribution in [2.24, 2.45) is 0 Å². The standard InChI is InChI=1S/C33H41N3O5S/c1-4-41-30-19-21-31(22-20-30)42(39,40)36(29-13-9-6-10-14-29)24-32(37)35(23-27-17-15-25(2)16-18-27)26(3)33(38)34-28-11-7-5-8-12-28/h6,9-10,13-22,26,28H,4-5,7-8,11-12,23-24H2,1-3H3,(H,34,38)/t26-/m1/s1. The van der Waals surface area contributed by atoms with Crippen LogP contribution in [0, 0.1) is 6.92 Å². The number of para-hydroxylation sites is 1. The molecule has 3 aromatic rings. The highest BCUT2D eigenvalue weighted by molar-refractivity contribution is 7.92. The van der Waals surface area contributed by atoms with Gasteiger partial charge in [0, 0.05) is 12.6 Å². The van der Waals surface area contributed by atoms with Crippen molar-refractivity contribution in [1.82, 2.24) is 10.2 Å². The molecule has 0 spiro atoms. The molecule has 0 saturated heterocycles. The molecular formula is C33H41N3O5S. The topological polar surface area (TPSA) is 96.0 Å². The Morgan fingerprint density at radius 1 is 0.929 bits per heavy atom. The molecular weight excluding hydrogens is 550 g/mol. The smallest absolute Gasteiger partial charge is 0.264 e. The van der Waals surface area contributed by atoms with Crippen LogP contribution in [0.3, 0.4) is 0 Å². The molecule has 0 heterocycles. The van der Waals surface area contributed by atoms with Crippen molar-refractivity contribution >= 4 is 27.5 Å². The van der Waals surface area contributed by atoms with Crippen molar-refractivity contribution in [3.05, 3.63) is 90.0 Å². The fourth-order valence-electron chi connectivity index (χ4n) is 5.17. The van der Waals surface area contributed by atoms with Gasteiger partial charge in [-0.25, -0.2) is 8.42 Å². The van der Waals surface area contributed by atoms with Gasteiger partial charge in [-0.3, -0.25) is 13.9 Å². The number of rotatable bonds is 12. The van der Waals surface area contributed by atoms with Crippen LogP contribution in [0.25, 0.3) is 0 Å². The molecule has 9 heteroatoms. The molecule has 0 bridgehead atoms. The summed E-state index contributed by atoms with van der Waals surface area (Å²) < 4.78 is 34.5. The molecule has 1 fully saturated rings. The number of sulfonamides is 1. The lowest BCUT2D eigenvalue weighted by Crippen LogP contribution is -2.53. The van der Waals surface area contributed by atoms with Crippen LogP contribution in [0.15, 0.2) is 83.8 Å². The van der Waals surface area contributed by atoms with Crippen molar-refractivity contribution in [3.63, 3.8) is 0 Å². The minimum Gasteiger partial charge on any atom is -0.494 e. The summed E-state index contributed by atoms with van der Waals surface area (Å²) in [7, 11) is -4.13. The zero-order chi connectivity index (χ0) is 30.1. The summed E-state index contributed by atoms with van der Waals surface area (Å²) >= 11 is 0. The molecule has 1 aliphatic rings. The first-order chi connectivity index (χ1) is 20.2. The Balaban J connectivity index is 1.64. The average Bonchev–Trinajstić information content (AvgIpc) is 3.00. The number of ether oxygens (including phenoxy) is 1. The van der Waals surface area contributed by atoms with Gasteiger partial charge in [0.2, 0.25) is 11.8 Å². The number of anilines is 1. The zero-order valence-corrected chi connectivity index (χ0v) is 25.5. The third kappa shape index (κ3) is 7.91. The van der Waals surface area contributed by atoms with Gasteiger partial charge < -0.3 is 15.0 Å². The van der Waals surface area contributed by atoms with Gasteiger partial charge in [0.1, 0.15) is 18.3 Å². The van der Waals surface area contributed by atoms with E-state index in [1.54, 1.807) is 49.4 Å². The van der Waals surface area contributed by atoms with Crippen LogP contribution in [-0.4, -0.2) is 50.4 Å². The number of nitrogens with one attached hydrogen (secondary N) is 1. The number of benzene rings is 3. The molecule has 1 atom stereocenters. The van der Waals surface area contributed by atoms with E-state index in [2.05, 4.69) is 5.32 Å². The molecule has 1 saturated carbocycles. The first kappa shape index (κ1) is 31.1. The van der Waals surface area contributed by atoms with Crippen LogP contribution in [0.2, 0.25) is 0 Å². The number of nitrogens with zero attached hydrogens (tertiary/aromatic N) is 2. The second-order valence-corrected chi connectivity index (χ2v) is 12.6. The predicted octanol–water partition coefficient (Wildman–Crippen LogP) is 5.46. The fraction of sp³-hybridized carbons (Fsp3) is 0.394. The van der Waals surface area contributed by atoms with E-state index in [1.807, 2.05) is 38.1 Å². The highest BCUT2D eigenvalue weighted by Crippen LogP contribution is 2.26. The van der Waals surface area contributed by atoms with Crippen LogP contribution in [0.4, 0.5) is 5.69 Å². The number of amides is 2. The van der Waals surface area contributed by atoms with Gasteiger partial charge >= 0.3 is 0 Å². The third-order valence-corrected chi connectivity index (χ3v) is 9.43. The monoisotopic (exact) mass is 591 g/mol. The summed E-state index contributed by atoms with van der Waals surface area (Å²) in [6, 6.07) is 21.8. The summed E-state index contributed by atoms with van der Waals surface area (Å²) in [5.74, 6) is -0.149. The Morgan fingerprint density at radius 3 is 2.19 bits per heavy atom. The lowest BCUT2D eigenvalue weighted by molar-refractivity contribution is -0.139. The molecule has 1 N–H and O–H groups in total. The number of hydrogen-bond acceptors (Lipinski definition) is 5. The van der Waals surface area contributed by atoms with Crippen LogP contribution in [0.1, 0.15) is 57.1 Å². The Bertz CT molecular complexity index is 1420. The van der Waals surface area contributed by atoms with Gasteiger partial charge in [0.15, 0.2) is 0 Å². The third-order valence-electron chi connectivity index (χ3n) is 7.64. The molecule has 0 unspecified atom stereocenters. The summed E-state index contributed by atoms with van der Waals surface area (Å²) in [5, 5.41) is 3.13. The Morgan fingerprint density at radius 2 is 1.57 bits per heavy atom. The van der Waals surface area contributed by atoms with E-state index in [4.69, 9.17) is 4.74 Å². The van der Waals surface area contributed by atoms with Crippen molar-refractivity contribution in [2.45, 2.75) is 76.4 Å². The number of hydrogen-bond donors (Lipinski definition) is 1. The molecule has 0 aromatic heterocycles. The van der Waals surface area contributed by atoms with Gasteiger partial charge in [-0.1, -0.05) is 67.3 Å². The van der Waals surface area contributed by atoms with Crippen LogP contribution in [0.5, 0.6) is 5.75 Å². The van der Waals surface area contributed by atoms with E-state index in [0.29, 0.717) is 18.0 Å². The first-order valence-corrected chi connectivity index (χ1v) is 16.1. The second kappa shape index (κ2) is 14.4.